The molecule has 146 valence electrons. The molecule has 28 heavy (non-hydrogen) atoms. The Morgan fingerprint density at radius 2 is 1.96 bits per heavy atom. The molecule has 0 saturated carbocycles. The Bertz CT molecular complexity index is 1000. The van der Waals surface area contributed by atoms with Gasteiger partial charge in [0.1, 0.15) is 5.75 Å². The first-order chi connectivity index (χ1) is 13.3. The number of rotatable bonds is 5. The van der Waals surface area contributed by atoms with Crippen LogP contribution in [-0.4, -0.2) is 22.8 Å². The number of aromatic nitrogens is 2. The van der Waals surface area contributed by atoms with Gasteiger partial charge in [-0.15, -0.1) is 0 Å². The zero-order chi connectivity index (χ0) is 20.3. The van der Waals surface area contributed by atoms with Crippen molar-refractivity contribution >= 4 is 23.3 Å². The predicted octanol–water partition coefficient (Wildman–Crippen LogP) is 4.86. The fraction of sp³-hybridized carbons (Fsp3) is 0.158. The van der Waals surface area contributed by atoms with Crippen molar-refractivity contribution in [2.45, 2.75) is 12.7 Å². The second-order valence-corrected chi connectivity index (χ2v) is 6.26. The maximum Gasteiger partial charge on any atom is 0.416 e. The Kier molecular flexibility index (Phi) is 5.60. The number of benzene rings is 2. The Balaban J connectivity index is 1.78. The lowest BCUT2D eigenvalue weighted by Gasteiger charge is -2.14. The number of ether oxygens (including phenoxy) is 1. The number of carbonyl (C=O) groups is 1. The Morgan fingerprint density at radius 3 is 2.64 bits per heavy atom. The molecule has 1 N–H and O–H groups in total. The van der Waals surface area contributed by atoms with E-state index in [-0.39, 0.29) is 34.3 Å². The Hall–Kier alpha value is -3.00. The van der Waals surface area contributed by atoms with Crippen molar-refractivity contribution < 1.29 is 22.7 Å². The smallest absolute Gasteiger partial charge is 0.416 e. The molecule has 0 saturated heterocycles. The van der Waals surface area contributed by atoms with Gasteiger partial charge in [0.2, 0.25) is 0 Å². The third-order valence-corrected chi connectivity index (χ3v) is 4.29. The lowest BCUT2D eigenvalue weighted by molar-refractivity contribution is -0.138. The first kappa shape index (κ1) is 19.8. The summed E-state index contributed by atoms with van der Waals surface area (Å²) in [7, 11) is 1.30. The van der Waals surface area contributed by atoms with Crippen LogP contribution in [0.2, 0.25) is 5.02 Å². The van der Waals surface area contributed by atoms with Crippen LogP contribution in [-0.2, 0) is 12.7 Å². The van der Waals surface area contributed by atoms with Crippen molar-refractivity contribution in [3.63, 3.8) is 0 Å². The molecule has 0 aliphatic carbocycles. The summed E-state index contributed by atoms with van der Waals surface area (Å²) < 4.78 is 46.1. The molecule has 0 spiro atoms. The molecule has 0 atom stereocenters. The quantitative estimate of drug-likeness (QED) is 0.654. The molecule has 1 amide bonds. The first-order valence-corrected chi connectivity index (χ1v) is 8.49. The zero-order valence-corrected chi connectivity index (χ0v) is 15.4. The van der Waals surface area contributed by atoms with Crippen molar-refractivity contribution in [2.24, 2.45) is 0 Å². The number of nitrogens with one attached hydrogen (secondary N) is 1. The number of hydrogen-bond acceptors (Lipinski definition) is 3. The van der Waals surface area contributed by atoms with Crippen LogP contribution in [0.5, 0.6) is 5.75 Å². The average Bonchev–Trinajstić information content (AvgIpc) is 3.08. The molecule has 0 fully saturated rings. The molecular formula is C19H15ClF3N3O2. The number of amides is 1. The molecule has 0 radical (unpaired) electrons. The highest BCUT2D eigenvalue weighted by Crippen LogP contribution is 2.34. The van der Waals surface area contributed by atoms with Crippen LogP contribution < -0.4 is 10.1 Å². The van der Waals surface area contributed by atoms with Crippen LogP contribution in [0.3, 0.4) is 0 Å². The van der Waals surface area contributed by atoms with E-state index in [1.807, 2.05) is 0 Å². The summed E-state index contributed by atoms with van der Waals surface area (Å²) in [6, 6.07) is 11.7. The maximum absolute atomic E-state index is 13.3. The summed E-state index contributed by atoms with van der Waals surface area (Å²) in [6.07, 6.45) is -3.05. The molecule has 0 unspecified atom stereocenters. The molecule has 9 heteroatoms. The average molecular weight is 410 g/mol. The largest absolute Gasteiger partial charge is 0.497 e. The van der Waals surface area contributed by atoms with Crippen LogP contribution >= 0.6 is 11.6 Å². The fourth-order valence-corrected chi connectivity index (χ4v) is 2.83. The lowest BCUT2D eigenvalue weighted by Crippen LogP contribution is -2.14. The van der Waals surface area contributed by atoms with E-state index in [1.165, 1.54) is 36.2 Å². The van der Waals surface area contributed by atoms with Crippen molar-refractivity contribution in [1.29, 1.82) is 0 Å². The van der Waals surface area contributed by atoms with Gasteiger partial charge in [-0.3, -0.25) is 9.48 Å². The van der Waals surface area contributed by atoms with Crippen LogP contribution in [0.25, 0.3) is 0 Å². The standard InChI is InChI=1S/C19H15ClF3N3O2/c1-28-13-7-6-12(15(10-13)19(21,22)23)11-26-9-8-17(25-26)24-18(27)14-4-2-3-5-16(14)20/h2-10H,11H2,1H3,(H,24,25,27). The molecule has 1 heterocycles. The molecule has 5 nitrogen and oxygen atoms in total. The first-order valence-electron chi connectivity index (χ1n) is 8.11. The van der Waals surface area contributed by atoms with Gasteiger partial charge in [-0.1, -0.05) is 29.8 Å². The van der Waals surface area contributed by atoms with E-state index in [0.717, 1.165) is 6.07 Å². The van der Waals surface area contributed by atoms with E-state index >= 15 is 0 Å². The molecule has 0 aliphatic rings. The highest BCUT2D eigenvalue weighted by Gasteiger charge is 2.33. The summed E-state index contributed by atoms with van der Waals surface area (Å²) in [5.41, 5.74) is -0.502. The van der Waals surface area contributed by atoms with E-state index in [1.54, 1.807) is 24.3 Å². The van der Waals surface area contributed by atoms with Gasteiger partial charge in [-0.2, -0.15) is 18.3 Å². The van der Waals surface area contributed by atoms with Crippen molar-refractivity contribution in [2.75, 3.05) is 12.4 Å². The van der Waals surface area contributed by atoms with Gasteiger partial charge in [0, 0.05) is 12.3 Å². The topological polar surface area (TPSA) is 56.1 Å². The highest BCUT2D eigenvalue weighted by molar-refractivity contribution is 6.34. The number of halogens is 4. The third-order valence-electron chi connectivity index (χ3n) is 3.96. The highest BCUT2D eigenvalue weighted by atomic mass is 35.5. The molecule has 1 aromatic heterocycles. The van der Waals surface area contributed by atoms with Crippen LogP contribution in [0.1, 0.15) is 21.5 Å². The van der Waals surface area contributed by atoms with Gasteiger partial charge >= 0.3 is 6.18 Å². The fourth-order valence-electron chi connectivity index (χ4n) is 2.60. The van der Waals surface area contributed by atoms with Crippen molar-refractivity contribution in [3.05, 3.63) is 76.4 Å². The number of hydrogen-bond donors (Lipinski definition) is 1. The minimum absolute atomic E-state index is 0.0281. The van der Waals surface area contributed by atoms with Gasteiger partial charge in [0.05, 0.1) is 29.8 Å². The predicted molar refractivity (Wildman–Crippen MR) is 98.7 cm³/mol. The monoisotopic (exact) mass is 409 g/mol. The Morgan fingerprint density at radius 1 is 1.21 bits per heavy atom. The summed E-state index contributed by atoms with van der Waals surface area (Å²) in [6.45, 7) is -0.124. The number of nitrogens with zero attached hydrogens (tertiary/aromatic N) is 2. The van der Waals surface area contributed by atoms with E-state index in [9.17, 15) is 18.0 Å². The molecular weight excluding hydrogens is 395 g/mol. The van der Waals surface area contributed by atoms with Crippen LogP contribution in [0, 0.1) is 0 Å². The molecule has 2 aromatic carbocycles. The minimum Gasteiger partial charge on any atom is -0.497 e. The van der Waals surface area contributed by atoms with Gasteiger partial charge < -0.3 is 10.1 Å². The maximum atomic E-state index is 13.3. The SMILES string of the molecule is COc1ccc(Cn2ccc(NC(=O)c3ccccc3Cl)n2)c(C(F)(F)F)c1. The van der Waals surface area contributed by atoms with E-state index in [4.69, 9.17) is 16.3 Å². The molecule has 0 aliphatic heterocycles. The van der Waals surface area contributed by atoms with Gasteiger partial charge in [0.25, 0.3) is 5.91 Å². The van der Waals surface area contributed by atoms with Gasteiger partial charge in [-0.25, -0.2) is 0 Å². The van der Waals surface area contributed by atoms with Gasteiger partial charge in [0.15, 0.2) is 5.82 Å². The third kappa shape index (κ3) is 4.45. The van der Waals surface area contributed by atoms with Gasteiger partial charge in [-0.05, 0) is 29.8 Å². The summed E-state index contributed by atoms with van der Waals surface area (Å²) in [5, 5.41) is 6.96. The zero-order valence-electron chi connectivity index (χ0n) is 14.6. The van der Waals surface area contributed by atoms with Crippen LogP contribution in [0.15, 0.2) is 54.7 Å². The second-order valence-electron chi connectivity index (χ2n) is 5.85. The van der Waals surface area contributed by atoms with Crippen LogP contribution in [0.4, 0.5) is 19.0 Å². The second kappa shape index (κ2) is 7.93. The van der Waals surface area contributed by atoms with E-state index in [2.05, 4.69) is 10.4 Å². The summed E-state index contributed by atoms with van der Waals surface area (Å²) in [5.74, 6) is -0.146. The van der Waals surface area contributed by atoms with Crippen molar-refractivity contribution in [1.82, 2.24) is 9.78 Å². The summed E-state index contributed by atoms with van der Waals surface area (Å²) in [4.78, 5) is 12.3. The number of anilines is 1. The molecule has 0 bridgehead atoms. The van der Waals surface area contributed by atoms with E-state index in [0.29, 0.717) is 0 Å². The lowest BCUT2D eigenvalue weighted by atomic mass is 10.1. The Labute approximate surface area is 163 Å². The molecule has 3 aromatic rings. The van der Waals surface area contributed by atoms with E-state index < -0.39 is 17.6 Å². The molecule has 3 rings (SSSR count). The number of carbonyl (C=O) groups excluding carboxylic acids is 1. The number of alkyl halides is 3. The normalized spacial score (nSPS) is 11.3. The minimum atomic E-state index is -4.53. The van der Waals surface area contributed by atoms with Crippen molar-refractivity contribution in [3.8, 4) is 5.75 Å². The summed E-state index contributed by atoms with van der Waals surface area (Å²) >= 11 is 5.98. The number of methoxy groups -OCH3 is 1.